The van der Waals surface area contributed by atoms with Gasteiger partial charge in [-0.25, -0.2) is 0 Å². The zero-order chi connectivity index (χ0) is 12.3. The van der Waals surface area contributed by atoms with Crippen molar-refractivity contribution in [3.63, 3.8) is 0 Å². The molecular weight excluding hydrogens is 278 g/mol. The van der Waals surface area contributed by atoms with E-state index in [9.17, 15) is 0 Å². The van der Waals surface area contributed by atoms with Gasteiger partial charge in [-0.3, -0.25) is 4.68 Å². The molecule has 1 N–H and O–H groups in total. The lowest BCUT2D eigenvalue weighted by atomic mass is 10.2. The van der Waals surface area contributed by atoms with Crippen LogP contribution in [-0.4, -0.2) is 16.3 Å². The van der Waals surface area contributed by atoms with Crippen LogP contribution in [0.3, 0.4) is 0 Å². The Hall–Kier alpha value is -1.29. The molecule has 0 aliphatic heterocycles. The standard InChI is InChI=1S/C13H16BrN3/c1-10-8-16-17(9-10)6-5-15-12-4-3-11(2)13(14)7-12/h3-4,7-9,15H,5-6H2,1-2H3. The van der Waals surface area contributed by atoms with Crippen molar-refractivity contribution in [3.05, 3.63) is 46.2 Å². The van der Waals surface area contributed by atoms with E-state index in [1.165, 1.54) is 11.1 Å². The highest BCUT2D eigenvalue weighted by Gasteiger charge is 1.97. The molecule has 0 saturated carbocycles. The van der Waals surface area contributed by atoms with E-state index >= 15 is 0 Å². The van der Waals surface area contributed by atoms with Crippen molar-refractivity contribution in [2.45, 2.75) is 20.4 Å². The third kappa shape index (κ3) is 3.33. The molecule has 17 heavy (non-hydrogen) atoms. The van der Waals surface area contributed by atoms with Crippen molar-refractivity contribution >= 4 is 21.6 Å². The maximum absolute atomic E-state index is 4.25. The van der Waals surface area contributed by atoms with Gasteiger partial charge in [-0.1, -0.05) is 22.0 Å². The number of hydrogen-bond acceptors (Lipinski definition) is 2. The molecule has 90 valence electrons. The van der Waals surface area contributed by atoms with Crippen LogP contribution in [0, 0.1) is 13.8 Å². The summed E-state index contributed by atoms with van der Waals surface area (Å²) >= 11 is 3.53. The SMILES string of the molecule is Cc1cnn(CCNc2ccc(C)c(Br)c2)c1. The van der Waals surface area contributed by atoms with Crippen molar-refractivity contribution < 1.29 is 0 Å². The van der Waals surface area contributed by atoms with E-state index in [2.05, 4.69) is 51.5 Å². The predicted octanol–water partition coefficient (Wildman–Crippen LogP) is 3.37. The highest BCUT2D eigenvalue weighted by atomic mass is 79.9. The second-order valence-corrected chi connectivity index (χ2v) is 5.03. The number of nitrogens with one attached hydrogen (secondary N) is 1. The van der Waals surface area contributed by atoms with E-state index in [4.69, 9.17) is 0 Å². The molecule has 0 fully saturated rings. The Kier molecular flexibility index (Phi) is 3.84. The van der Waals surface area contributed by atoms with Gasteiger partial charge in [0.25, 0.3) is 0 Å². The molecule has 3 nitrogen and oxygen atoms in total. The maximum Gasteiger partial charge on any atom is 0.0582 e. The Morgan fingerprint density at radius 3 is 2.82 bits per heavy atom. The number of benzene rings is 1. The molecule has 0 unspecified atom stereocenters. The molecule has 0 amide bonds. The van der Waals surface area contributed by atoms with Crippen molar-refractivity contribution in [2.24, 2.45) is 0 Å². The fourth-order valence-corrected chi connectivity index (χ4v) is 1.99. The van der Waals surface area contributed by atoms with E-state index in [0.717, 1.165) is 23.2 Å². The molecule has 0 aliphatic carbocycles. The second kappa shape index (κ2) is 5.36. The van der Waals surface area contributed by atoms with Crippen LogP contribution in [0.5, 0.6) is 0 Å². The molecule has 1 aromatic heterocycles. The molecule has 0 saturated heterocycles. The summed E-state index contributed by atoms with van der Waals surface area (Å²) in [6.45, 7) is 5.88. The Morgan fingerprint density at radius 2 is 2.18 bits per heavy atom. The smallest absolute Gasteiger partial charge is 0.0582 e. The lowest BCUT2D eigenvalue weighted by Crippen LogP contribution is -2.10. The van der Waals surface area contributed by atoms with E-state index in [1.807, 2.05) is 24.0 Å². The molecule has 1 aromatic carbocycles. The normalized spacial score (nSPS) is 10.5. The minimum atomic E-state index is 0.872. The van der Waals surface area contributed by atoms with Gasteiger partial charge in [0.15, 0.2) is 0 Å². The zero-order valence-electron chi connectivity index (χ0n) is 10.1. The molecule has 0 bridgehead atoms. The summed E-state index contributed by atoms with van der Waals surface area (Å²) in [5, 5.41) is 7.63. The van der Waals surface area contributed by atoms with Crippen LogP contribution in [0.1, 0.15) is 11.1 Å². The second-order valence-electron chi connectivity index (χ2n) is 4.17. The molecule has 0 atom stereocenters. The summed E-state index contributed by atoms with van der Waals surface area (Å²) in [5.74, 6) is 0. The summed E-state index contributed by atoms with van der Waals surface area (Å²) in [6.07, 6.45) is 3.93. The van der Waals surface area contributed by atoms with Gasteiger partial charge >= 0.3 is 0 Å². The number of rotatable bonds is 4. The molecule has 2 aromatic rings. The number of aryl methyl sites for hydroxylation is 2. The molecule has 2 rings (SSSR count). The van der Waals surface area contributed by atoms with Gasteiger partial charge in [0, 0.05) is 22.9 Å². The topological polar surface area (TPSA) is 29.9 Å². The van der Waals surface area contributed by atoms with Crippen LogP contribution in [0.25, 0.3) is 0 Å². The first-order valence-electron chi connectivity index (χ1n) is 5.64. The van der Waals surface area contributed by atoms with Crippen LogP contribution in [0.4, 0.5) is 5.69 Å². The van der Waals surface area contributed by atoms with Crippen LogP contribution < -0.4 is 5.32 Å². The third-order valence-corrected chi connectivity index (χ3v) is 3.46. The highest BCUT2D eigenvalue weighted by Crippen LogP contribution is 2.20. The molecule has 0 aliphatic rings. The van der Waals surface area contributed by atoms with Crippen molar-refractivity contribution in [1.82, 2.24) is 9.78 Å². The van der Waals surface area contributed by atoms with Crippen molar-refractivity contribution in [1.29, 1.82) is 0 Å². The summed E-state index contributed by atoms with van der Waals surface area (Å²) < 4.78 is 3.09. The van der Waals surface area contributed by atoms with Gasteiger partial charge in [-0.15, -0.1) is 0 Å². The largest absolute Gasteiger partial charge is 0.383 e. The summed E-state index contributed by atoms with van der Waals surface area (Å²) in [6, 6.07) is 6.29. The van der Waals surface area contributed by atoms with Gasteiger partial charge in [-0.05, 0) is 37.1 Å². The molecular formula is C13H16BrN3. The van der Waals surface area contributed by atoms with Crippen LogP contribution in [0.15, 0.2) is 35.1 Å². The Labute approximate surface area is 110 Å². The van der Waals surface area contributed by atoms with E-state index in [-0.39, 0.29) is 0 Å². The number of nitrogens with zero attached hydrogens (tertiary/aromatic N) is 2. The average molecular weight is 294 g/mol. The van der Waals surface area contributed by atoms with Gasteiger partial charge in [0.1, 0.15) is 0 Å². The van der Waals surface area contributed by atoms with Crippen LogP contribution >= 0.6 is 15.9 Å². The van der Waals surface area contributed by atoms with E-state index in [0.29, 0.717) is 0 Å². The minimum Gasteiger partial charge on any atom is -0.383 e. The quantitative estimate of drug-likeness (QED) is 0.937. The Morgan fingerprint density at radius 1 is 1.35 bits per heavy atom. The molecule has 1 heterocycles. The molecule has 0 spiro atoms. The zero-order valence-corrected chi connectivity index (χ0v) is 11.7. The van der Waals surface area contributed by atoms with E-state index < -0.39 is 0 Å². The van der Waals surface area contributed by atoms with Crippen molar-refractivity contribution in [3.8, 4) is 0 Å². The minimum absolute atomic E-state index is 0.872. The maximum atomic E-state index is 4.25. The lowest BCUT2D eigenvalue weighted by Gasteiger charge is -2.08. The van der Waals surface area contributed by atoms with Crippen LogP contribution in [-0.2, 0) is 6.54 Å². The van der Waals surface area contributed by atoms with Gasteiger partial charge in [0.05, 0.1) is 12.7 Å². The monoisotopic (exact) mass is 293 g/mol. The first kappa shape index (κ1) is 12.2. The van der Waals surface area contributed by atoms with Gasteiger partial charge < -0.3 is 5.32 Å². The van der Waals surface area contributed by atoms with E-state index in [1.54, 1.807) is 0 Å². The first-order valence-corrected chi connectivity index (χ1v) is 6.43. The highest BCUT2D eigenvalue weighted by molar-refractivity contribution is 9.10. The lowest BCUT2D eigenvalue weighted by molar-refractivity contribution is 0.637. The number of aromatic nitrogens is 2. The molecule has 0 radical (unpaired) electrons. The van der Waals surface area contributed by atoms with Crippen molar-refractivity contribution in [2.75, 3.05) is 11.9 Å². The molecule has 4 heteroatoms. The number of hydrogen-bond donors (Lipinski definition) is 1. The Balaban J connectivity index is 1.87. The third-order valence-electron chi connectivity index (χ3n) is 2.60. The van der Waals surface area contributed by atoms with Gasteiger partial charge in [-0.2, -0.15) is 5.10 Å². The predicted molar refractivity (Wildman–Crippen MR) is 74.3 cm³/mol. The summed E-state index contributed by atoms with van der Waals surface area (Å²) in [7, 11) is 0. The Bertz CT molecular complexity index is 505. The fraction of sp³-hybridized carbons (Fsp3) is 0.308. The number of halogens is 1. The summed E-state index contributed by atoms with van der Waals surface area (Å²) in [5.41, 5.74) is 3.58. The first-order chi connectivity index (χ1) is 8.15. The fourth-order valence-electron chi connectivity index (χ4n) is 1.61. The summed E-state index contributed by atoms with van der Waals surface area (Å²) in [4.78, 5) is 0. The van der Waals surface area contributed by atoms with Gasteiger partial charge in [0.2, 0.25) is 0 Å². The number of anilines is 1. The average Bonchev–Trinajstić information content (AvgIpc) is 2.70. The van der Waals surface area contributed by atoms with Crippen LogP contribution in [0.2, 0.25) is 0 Å².